The number of amides is 2. The van der Waals surface area contributed by atoms with Gasteiger partial charge in [-0.3, -0.25) is 5.32 Å². The minimum absolute atomic E-state index is 0.192. The molecule has 2 aromatic heterocycles. The van der Waals surface area contributed by atoms with E-state index in [1.54, 1.807) is 18.0 Å². The van der Waals surface area contributed by atoms with E-state index in [0.717, 1.165) is 4.88 Å². The van der Waals surface area contributed by atoms with E-state index < -0.39 is 0 Å². The fourth-order valence-corrected chi connectivity index (χ4v) is 3.03. The van der Waals surface area contributed by atoms with Gasteiger partial charge >= 0.3 is 6.03 Å². The summed E-state index contributed by atoms with van der Waals surface area (Å²) in [5, 5.41) is 7.31. The first-order valence-electron chi connectivity index (χ1n) is 7.46. The molecule has 23 heavy (non-hydrogen) atoms. The standard InChI is InChI=1S/C14H19N5O3S/c1-8(2)11-6-15-13(23-11)17-14(20)19-4-5-21-10(7-19)12-16-9(3)22-18-12/h6,8,10H,4-5,7H2,1-3H3,(H,15,17,20)/t10-/m0/s1. The lowest BCUT2D eigenvalue weighted by atomic mass is 10.2. The molecule has 0 spiro atoms. The van der Waals surface area contributed by atoms with Crippen molar-refractivity contribution in [2.45, 2.75) is 32.8 Å². The summed E-state index contributed by atoms with van der Waals surface area (Å²) in [7, 11) is 0. The number of nitrogens with one attached hydrogen (secondary N) is 1. The molecule has 1 atom stereocenters. The van der Waals surface area contributed by atoms with Crippen LogP contribution in [0, 0.1) is 6.92 Å². The molecule has 3 heterocycles. The number of morpholine rings is 1. The van der Waals surface area contributed by atoms with Gasteiger partial charge in [0.15, 0.2) is 5.13 Å². The summed E-state index contributed by atoms with van der Waals surface area (Å²) in [5.41, 5.74) is 0. The van der Waals surface area contributed by atoms with Gasteiger partial charge in [-0.1, -0.05) is 19.0 Å². The quantitative estimate of drug-likeness (QED) is 0.925. The molecule has 1 aliphatic rings. The molecule has 8 nitrogen and oxygen atoms in total. The predicted molar refractivity (Wildman–Crippen MR) is 84.5 cm³/mol. The van der Waals surface area contributed by atoms with Crippen molar-refractivity contribution < 1.29 is 14.1 Å². The molecule has 0 bridgehead atoms. The Hall–Kier alpha value is -2.00. The van der Waals surface area contributed by atoms with Crippen molar-refractivity contribution in [2.75, 3.05) is 25.0 Å². The highest BCUT2D eigenvalue weighted by Crippen LogP contribution is 2.26. The summed E-state index contributed by atoms with van der Waals surface area (Å²) in [6.45, 7) is 7.24. The minimum atomic E-state index is -0.366. The van der Waals surface area contributed by atoms with Gasteiger partial charge in [0.05, 0.1) is 13.2 Å². The lowest BCUT2D eigenvalue weighted by molar-refractivity contribution is -0.0190. The van der Waals surface area contributed by atoms with Crippen LogP contribution in [0.15, 0.2) is 10.7 Å². The fourth-order valence-electron chi connectivity index (χ4n) is 2.22. The molecule has 1 N–H and O–H groups in total. The maximum absolute atomic E-state index is 12.4. The van der Waals surface area contributed by atoms with Crippen molar-refractivity contribution in [2.24, 2.45) is 0 Å². The molecule has 0 saturated carbocycles. The van der Waals surface area contributed by atoms with Gasteiger partial charge in [-0.15, -0.1) is 11.3 Å². The Kier molecular flexibility index (Phi) is 4.58. The summed E-state index contributed by atoms with van der Waals surface area (Å²) in [5.74, 6) is 1.35. The van der Waals surface area contributed by atoms with Gasteiger partial charge < -0.3 is 14.2 Å². The van der Waals surface area contributed by atoms with Gasteiger partial charge in [-0.05, 0) is 5.92 Å². The molecule has 2 aromatic rings. The van der Waals surface area contributed by atoms with Crippen LogP contribution in [0.3, 0.4) is 0 Å². The molecule has 1 fully saturated rings. The first-order chi connectivity index (χ1) is 11.0. The zero-order valence-electron chi connectivity index (χ0n) is 13.3. The number of ether oxygens (including phenoxy) is 1. The maximum atomic E-state index is 12.4. The predicted octanol–water partition coefficient (Wildman–Crippen LogP) is 2.56. The van der Waals surface area contributed by atoms with Crippen molar-refractivity contribution in [1.29, 1.82) is 0 Å². The monoisotopic (exact) mass is 337 g/mol. The number of nitrogens with zero attached hydrogens (tertiary/aromatic N) is 4. The second-order valence-corrected chi connectivity index (χ2v) is 6.69. The lowest BCUT2D eigenvalue weighted by Gasteiger charge is -2.31. The number of urea groups is 1. The van der Waals surface area contributed by atoms with Crippen molar-refractivity contribution >= 4 is 22.5 Å². The number of thiazole rings is 1. The van der Waals surface area contributed by atoms with Gasteiger partial charge in [-0.25, -0.2) is 9.78 Å². The molecule has 2 amide bonds. The first-order valence-corrected chi connectivity index (χ1v) is 8.28. The van der Waals surface area contributed by atoms with Crippen LogP contribution in [-0.2, 0) is 4.74 Å². The molecule has 1 aliphatic heterocycles. The molecule has 0 aliphatic carbocycles. The van der Waals surface area contributed by atoms with Crippen LogP contribution in [0.1, 0.15) is 42.5 Å². The van der Waals surface area contributed by atoms with Crippen molar-refractivity contribution in [3.8, 4) is 0 Å². The Morgan fingerprint density at radius 1 is 1.52 bits per heavy atom. The zero-order valence-corrected chi connectivity index (χ0v) is 14.1. The fraction of sp³-hybridized carbons (Fsp3) is 0.571. The van der Waals surface area contributed by atoms with Gasteiger partial charge in [0.25, 0.3) is 0 Å². The summed E-state index contributed by atoms with van der Waals surface area (Å²) < 4.78 is 10.6. The molecule has 1 saturated heterocycles. The van der Waals surface area contributed by atoms with Crippen LogP contribution in [0.2, 0.25) is 0 Å². The number of carbonyl (C=O) groups is 1. The smallest absolute Gasteiger partial charge is 0.323 e. The SMILES string of the molecule is Cc1nc([C@@H]2CN(C(=O)Nc3ncc(C(C)C)s3)CCO2)no1. The van der Waals surface area contributed by atoms with Gasteiger partial charge in [0.1, 0.15) is 6.10 Å². The molecular weight excluding hydrogens is 318 g/mol. The first kappa shape index (κ1) is 15.9. The Morgan fingerprint density at radius 3 is 3.00 bits per heavy atom. The highest BCUT2D eigenvalue weighted by molar-refractivity contribution is 7.15. The van der Waals surface area contributed by atoms with E-state index in [1.165, 1.54) is 11.3 Å². The lowest BCUT2D eigenvalue weighted by Crippen LogP contribution is -2.44. The third-order valence-electron chi connectivity index (χ3n) is 3.49. The number of rotatable bonds is 3. The van der Waals surface area contributed by atoms with Gasteiger partial charge in [0, 0.05) is 24.5 Å². The Morgan fingerprint density at radius 2 is 2.35 bits per heavy atom. The number of hydrogen-bond acceptors (Lipinski definition) is 7. The Labute approximate surface area is 137 Å². The van der Waals surface area contributed by atoms with Crippen LogP contribution < -0.4 is 5.32 Å². The third-order valence-corrected chi connectivity index (χ3v) is 4.70. The Balaban J connectivity index is 1.62. The minimum Gasteiger partial charge on any atom is -0.366 e. The molecule has 124 valence electrons. The van der Waals surface area contributed by atoms with Gasteiger partial charge in [-0.2, -0.15) is 4.98 Å². The average molecular weight is 337 g/mol. The molecule has 3 rings (SSSR count). The number of anilines is 1. The molecular formula is C14H19N5O3S. The van der Waals surface area contributed by atoms with Gasteiger partial charge in [0.2, 0.25) is 11.7 Å². The highest BCUT2D eigenvalue weighted by Gasteiger charge is 2.29. The highest BCUT2D eigenvalue weighted by atomic mass is 32.1. The van der Waals surface area contributed by atoms with Crippen LogP contribution in [0.25, 0.3) is 0 Å². The number of hydrogen-bond donors (Lipinski definition) is 1. The van der Waals surface area contributed by atoms with Crippen LogP contribution in [0.5, 0.6) is 0 Å². The Bertz CT molecular complexity index is 684. The van der Waals surface area contributed by atoms with Crippen LogP contribution in [-0.4, -0.2) is 45.8 Å². The van der Waals surface area contributed by atoms with E-state index in [4.69, 9.17) is 9.26 Å². The van der Waals surface area contributed by atoms with Crippen LogP contribution >= 0.6 is 11.3 Å². The maximum Gasteiger partial charge on any atom is 0.323 e. The van der Waals surface area contributed by atoms with E-state index in [0.29, 0.717) is 42.5 Å². The van der Waals surface area contributed by atoms with E-state index >= 15 is 0 Å². The number of carbonyl (C=O) groups excluding carboxylic acids is 1. The molecule has 0 aromatic carbocycles. The largest absolute Gasteiger partial charge is 0.366 e. The summed E-state index contributed by atoms with van der Waals surface area (Å²) >= 11 is 1.49. The van der Waals surface area contributed by atoms with E-state index in [1.807, 2.05) is 0 Å². The summed E-state index contributed by atoms with van der Waals surface area (Å²) in [6, 6.07) is -0.192. The average Bonchev–Trinajstić information content (AvgIpc) is 3.16. The molecule has 0 unspecified atom stereocenters. The second-order valence-electron chi connectivity index (χ2n) is 5.63. The van der Waals surface area contributed by atoms with E-state index in [9.17, 15) is 4.79 Å². The third kappa shape index (κ3) is 3.67. The number of aromatic nitrogens is 3. The normalized spacial score (nSPS) is 18.4. The van der Waals surface area contributed by atoms with Crippen molar-refractivity contribution in [3.05, 3.63) is 22.8 Å². The van der Waals surface area contributed by atoms with Crippen molar-refractivity contribution in [3.63, 3.8) is 0 Å². The zero-order chi connectivity index (χ0) is 16.4. The summed E-state index contributed by atoms with van der Waals surface area (Å²) in [6.07, 6.45) is 1.43. The second kappa shape index (κ2) is 6.63. The van der Waals surface area contributed by atoms with E-state index in [2.05, 4.69) is 34.3 Å². The van der Waals surface area contributed by atoms with Crippen molar-refractivity contribution in [1.82, 2.24) is 20.0 Å². The van der Waals surface area contributed by atoms with E-state index in [-0.39, 0.29) is 12.1 Å². The molecule has 9 heteroatoms. The molecule has 0 radical (unpaired) electrons. The summed E-state index contributed by atoms with van der Waals surface area (Å²) in [4.78, 5) is 23.6. The van der Waals surface area contributed by atoms with Crippen LogP contribution in [0.4, 0.5) is 9.93 Å². The topological polar surface area (TPSA) is 93.4 Å². The number of aryl methyl sites for hydroxylation is 1.